The van der Waals surface area contributed by atoms with Gasteiger partial charge in [-0.1, -0.05) is 24.3 Å². The molecule has 5 heteroatoms. The van der Waals surface area contributed by atoms with Crippen molar-refractivity contribution in [3.05, 3.63) is 65.2 Å². The Morgan fingerprint density at radius 3 is 2.48 bits per heavy atom. The molecule has 1 saturated carbocycles. The number of ether oxygens (including phenoxy) is 1. The number of hydrogen-bond acceptors (Lipinski definition) is 4. The van der Waals surface area contributed by atoms with E-state index in [1.54, 1.807) is 0 Å². The van der Waals surface area contributed by atoms with Crippen LogP contribution in [-0.2, 0) is 13.1 Å². The number of carbonyl (C=O) groups is 1. The molecule has 2 aliphatic rings. The van der Waals surface area contributed by atoms with E-state index in [1.807, 2.05) is 24.3 Å². The Labute approximate surface area is 173 Å². The SMILES string of the molecule is CN1CCN(Cc2cccc(CNC(=O)c3ccc(OCC4CC4)cc3)c2)CC1. The molecule has 2 fully saturated rings. The fraction of sp³-hybridized carbons (Fsp3) is 0.458. The summed E-state index contributed by atoms with van der Waals surface area (Å²) in [7, 11) is 2.18. The predicted octanol–water partition coefficient (Wildman–Crippen LogP) is 3.15. The highest BCUT2D eigenvalue weighted by Gasteiger charge is 2.21. The first-order valence-electron chi connectivity index (χ1n) is 10.7. The molecule has 29 heavy (non-hydrogen) atoms. The lowest BCUT2D eigenvalue weighted by Crippen LogP contribution is -2.43. The van der Waals surface area contributed by atoms with E-state index in [9.17, 15) is 4.79 Å². The van der Waals surface area contributed by atoms with Gasteiger partial charge in [0.15, 0.2) is 0 Å². The number of hydrogen-bond donors (Lipinski definition) is 1. The molecule has 1 saturated heterocycles. The van der Waals surface area contributed by atoms with Gasteiger partial charge in [0.2, 0.25) is 0 Å². The monoisotopic (exact) mass is 393 g/mol. The summed E-state index contributed by atoms with van der Waals surface area (Å²) in [5, 5.41) is 3.03. The normalized spacial score (nSPS) is 17.8. The van der Waals surface area contributed by atoms with Gasteiger partial charge in [-0.05, 0) is 61.2 Å². The molecule has 0 radical (unpaired) electrons. The molecule has 154 valence electrons. The van der Waals surface area contributed by atoms with Crippen LogP contribution in [0.1, 0.15) is 34.3 Å². The molecule has 0 bridgehead atoms. The van der Waals surface area contributed by atoms with E-state index in [1.165, 1.54) is 18.4 Å². The Bertz CT molecular complexity index is 809. The molecule has 0 spiro atoms. The summed E-state index contributed by atoms with van der Waals surface area (Å²) >= 11 is 0. The van der Waals surface area contributed by atoms with Crippen molar-refractivity contribution in [1.82, 2.24) is 15.1 Å². The summed E-state index contributed by atoms with van der Waals surface area (Å²) in [6.07, 6.45) is 2.55. The zero-order valence-corrected chi connectivity index (χ0v) is 17.3. The Morgan fingerprint density at radius 1 is 1.03 bits per heavy atom. The van der Waals surface area contributed by atoms with E-state index in [0.717, 1.165) is 56.6 Å². The molecular weight excluding hydrogens is 362 g/mol. The van der Waals surface area contributed by atoms with Crippen LogP contribution < -0.4 is 10.1 Å². The van der Waals surface area contributed by atoms with Gasteiger partial charge in [0.25, 0.3) is 5.91 Å². The number of nitrogens with one attached hydrogen (secondary N) is 1. The molecule has 1 amide bonds. The highest BCUT2D eigenvalue weighted by atomic mass is 16.5. The highest BCUT2D eigenvalue weighted by Crippen LogP contribution is 2.29. The molecule has 0 atom stereocenters. The number of amides is 1. The molecule has 2 aromatic rings. The van der Waals surface area contributed by atoms with Crippen LogP contribution in [0.5, 0.6) is 5.75 Å². The Balaban J connectivity index is 1.26. The topological polar surface area (TPSA) is 44.8 Å². The van der Waals surface area contributed by atoms with Gasteiger partial charge in [-0.15, -0.1) is 0 Å². The van der Waals surface area contributed by atoms with Gasteiger partial charge in [-0.25, -0.2) is 0 Å². The van der Waals surface area contributed by atoms with Crippen molar-refractivity contribution in [2.45, 2.75) is 25.9 Å². The van der Waals surface area contributed by atoms with Crippen molar-refractivity contribution in [3.8, 4) is 5.75 Å². The lowest BCUT2D eigenvalue weighted by atomic mass is 10.1. The summed E-state index contributed by atoms with van der Waals surface area (Å²) in [5.74, 6) is 1.51. The molecule has 5 nitrogen and oxygen atoms in total. The minimum absolute atomic E-state index is 0.0526. The van der Waals surface area contributed by atoms with Crippen molar-refractivity contribution < 1.29 is 9.53 Å². The van der Waals surface area contributed by atoms with Gasteiger partial charge in [-0.2, -0.15) is 0 Å². The van der Waals surface area contributed by atoms with Crippen LogP contribution in [0.25, 0.3) is 0 Å². The first kappa shape index (κ1) is 19.9. The number of carbonyl (C=O) groups excluding carboxylic acids is 1. The molecule has 1 aliphatic carbocycles. The van der Waals surface area contributed by atoms with Crippen molar-refractivity contribution in [2.75, 3.05) is 39.8 Å². The predicted molar refractivity (Wildman–Crippen MR) is 115 cm³/mol. The van der Waals surface area contributed by atoms with Gasteiger partial charge in [0, 0.05) is 44.8 Å². The van der Waals surface area contributed by atoms with Crippen LogP contribution in [-0.4, -0.2) is 55.5 Å². The van der Waals surface area contributed by atoms with E-state index in [0.29, 0.717) is 12.1 Å². The molecule has 0 unspecified atom stereocenters. The van der Waals surface area contributed by atoms with Crippen LogP contribution in [0, 0.1) is 5.92 Å². The molecule has 1 N–H and O–H groups in total. The third-order valence-electron chi connectivity index (χ3n) is 5.75. The standard InChI is InChI=1S/C24H31N3O2/c1-26-11-13-27(14-12-26)17-21-4-2-3-20(15-21)16-25-24(28)22-7-9-23(10-8-22)29-18-19-5-6-19/h2-4,7-10,15,19H,5-6,11-14,16-18H2,1H3,(H,25,28). The average molecular weight is 394 g/mol. The quantitative estimate of drug-likeness (QED) is 0.748. The fourth-order valence-corrected chi connectivity index (χ4v) is 3.59. The van der Waals surface area contributed by atoms with Crippen LogP contribution in [0.15, 0.2) is 48.5 Å². The second kappa shape index (κ2) is 9.42. The fourth-order valence-electron chi connectivity index (χ4n) is 3.59. The number of likely N-dealkylation sites (N-methyl/N-ethyl adjacent to an activating group) is 1. The minimum Gasteiger partial charge on any atom is -0.493 e. The summed E-state index contributed by atoms with van der Waals surface area (Å²) in [6, 6.07) is 16.0. The Hall–Kier alpha value is -2.37. The summed E-state index contributed by atoms with van der Waals surface area (Å²) in [6.45, 7) is 6.76. The number of piperazine rings is 1. The smallest absolute Gasteiger partial charge is 0.251 e. The largest absolute Gasteiger partial charge is 0.493 e. The molecule has 4 rings (SSSR count). The number of benzene rings is 2. The van der Waals surface area contributed by atoms with Gasteiger partial charge in [0.1, 0.15) is 5.75 Å². The molecule has 1 aliphatic heterocycles. The zero-order valence-electron chi connectivity index (χ0n) is 17.3. The second-order valence-corrected chi connectivity index (χ2v) is 8.36. The van der Waals surface area contributed by atoms with Crippen LogP contribution >= 0.6 is 0 Å². The third kappa shape index (κ3) is 6.05. The average Bonchev–Trinajstić information content (AvgIpc) is 3.57. The lowest BCUT2D eigenvalue weighted by Gasteiger charge is -2.32. The van der Waals surface area contributed by atoms with Gasteiger partial charge < -0.3 is 15.0 Å². The minimum atomic E-state index is -0.0526. The second-order valence-electron chi connectivity index (χ2n) is 8.36. The maximum Gasteiger partial charge on any atom is 0.251 e. The summed E-state index contributed by atoms with van der Waals surface area (Å²) < 4.78 is 5.74. The molecule has 2 aromatic carbocycles. The van der Waals surface area contributed by atoms with Crippen LogP contribution in [0.3, 0.4) is 0 Å². The first-order valence-corrected chi connectivity index (χ1v) is 10.7. The maximum atomic E-state index is 12.5. The van der Waals surface area contributed by atoms with E-state index in [2.05, 4.69) is 46.4 Å². The third-order valence-corrected chi connectivity index (χ3v) is 5.75. The molecule has 0 aromatic heterocycles. The summed E-state index contributed by atoms with van der Waals surface area (Å²) in [5.41, 5.74) is 3.10. The van der Waals surface area contributed by atoms with Crippen LogP contribution in [0.4, 0.5) is 0 Å². The first-order chi connectivity index (χ1) is 14.2. The van der Waals surface area contributed by atoms with E-state index < -0.39 is 0 Å². The number of rotatable bonds is 8. The zero-order chi connectivity index (χ0) is 20.1. The molecular formula is C24H31N3O2. The molecule has 1 heterocycles. The summed E-state index contributed by atoms with van der Waals surface area (Å²) in [4.78, 5) is 17.3. The van der Waals surface area contributed by atoms with Crippen molar-refractivity contribution in [3.63, 3.8) is 0 Å². The van der Waals surface area contributed by atoms with E-state index >= 15 is 0 Å². The Kier molecular flexibility index (Phi) is 6.47. The highest BCUT2D eigenvalue weighted by molar-refractivity contribution is 5.94. The van der Waals surface area contributed by atoms with Gasteiger partial charge in [-0.3, -0.25) is 9.69 Å². The van der Waals surface area contributed by atoms with Crippen molar-refractivity contribution in [1.29, 1.82) is 0 Å². The van der Waals surface area contributed by atoms with Gasteiger partial charge >= 0.3 is 0 Å². The van der Waals surface area contributed by atoms with Crippen molar-refractivity contribution in [2.24, 2.45) is 5.92 Å². The van der Waals surface area contributed by atoms with Crippen molar-refractivity contribution >= 4 is 5.91 Å². The van der Waals surface area contributed by atoms with Gasteiger partial charge in [0.05, 0.1) is 6.61 Å². The number of nitrogens with zero attached hydrogens (tertiary/aromatic N) is 2. The van der Waals surface area contributed by atoms with Crippen LogP contribution in [0.2, 0.25) is 0 Å². The van der Waals surface area contributed by atoms with E-state index in [4.69, 9.17) is 4.74 Å². The lowest BCUT2D eigenvalue weighted by molar-refractivity contribution is 0.0951. The maximum absolute atomic E-state index is 12.5. The Morgan fingerprint density at radius 2 is 1.76 bits per heavy atom. The van der Waals surface area contributed by atoms with E-state index in [-0.39, 0.29) is 5.91 Å².